The fraction of sp³-hybridized carbons (Fsp3) is 0.300. The highest BCUT2D eigenvalue weighted by molar-refractivity contribution is 9.08. The quantitative estimate of drug-likeness (QED) is 0.602. The van der Waals surface area contributed by atoms with Crippen LogP contribution in [0.2, 0.25) is 0 Å². The minimum absolute atomic E-state index is 0.246. The van der Waals surface area contributed by atoms with E-state index >= 15 is 0 Å². The van der Waals surface area contributed by atoms with Crippen LogP contribution in [0.1, 0.15) is 18.1 Å². The maximum Gasteiger partial charge on any atom is 0.302 e. The lowest BCUT2D eigenvalue weighted by molar-refractivity contribution is -0.142. The second kappa shape index (κ2) is 5.02. The molecule has 0 aliphatic rings. The van der Waals surface area contributed by atoms with E-state index in [1.54, 1.807) is 0 Å². The first kappa shape index (κ1) is 10.3. The fourth-order valence-corrected chi connectivity index (χ4v) is 1.34. The molecule has 0 unspecified atom stereocenters. The number of halogens is 1. The molecule has 13 heavy (non-hydrogen) atoms. The van der Waals surface area contributed by atoms with Gasteiger partial charge in [0.05, 0.1) is 0 Å². The fourth-order valence-electron chi connectivity index (χ4n) is 0.988. The number of ether oxygens (including phenoxy) is 1. The van der Waals surface area contributed by atoms with Crippen molar-refractivity contribution in [2.75, 3.05) is 0 Å². The Bertz CT molecular complexity index is 297. The summed E-state index contributed by atoms with van der Waals surface area (Å²) in [5, 5.41) is 0.820. The number of hydrogen-bond acceptors (Lipinski definition) is 2. The highest BCUT2D eigenvalue weighted by Gasteiger charge is 1.97. The van der Waals surface area contributed by atoms with Crippen molar-refractivity contribution in [1.82, 2.24) is 0 Å². The van der Waals surface area contributed by atoms with Crippen LogP contribution in [0, 0.1) is 0 Å². The van der Waals surface area contributed by atoms with E-state index < -0.39 is 0 Å². The smallest absolute Gasteiger partial charge is 0.302 e. The van der Waals surface area contributed by atoms with E-state index in [-0.39, 0.29) is 5.97 Å². The lowest BCUT2D eigenvalue weighted by Gasteiger charge is -2.03. The first-order valence-electron chi connectivity index (χ1n) is 3.99. The molecule has 0 radical (unpaired) electrons. The molecule has 1 aromatic rings. The van der Waals surface area contributed by atoms with Gasteiger partial charge in [-0.15, -0.1) is 0 Å². The van der Waals surface area contributed by atoms with Gasteiger partial charge in [0.25, 0.3) is 0 Å². The molecule has 0 aromatic heterocycles. The molecular weight excluding hydrogens is 232 g/mol. The van der Waals surface area contributed by atoms with E-state index in [4.69, 9.17) is 4.74 Å². The Kier molecular flexibility index (Phi) is 3.96. The Morgan fingerprint density at radius 1 is 1.46 bits per heavy atom. The predicted octanol–water partition coefficient (Wildman–Crippen LogP) is 2.64. The summed E-state index contributed by atoms with van der Waals surface area (Å²) in [5.41, 5.74) is 2.21. The summed E-state index contributed by atoms with van der Waals surface area (Å²) in [7, 11) is 0. The number of carbonyl (C=O) groups is 1. The molecule has 70 valence electrons. The minimum atomic E-state index is -0.246. The van der Waals surface area contributed by atoms with Crippen LogP contribution in [0.25, 0.3) is 0 Å². The van der Waals surface area contributed by atoms with Crippen molar-refractivity contribution in [3.8, 4) is 0 Å². The van der Waals surface area contributed by atoms with Crippen molar-refractivity contribution >= 4 is 21.9 Å². The van der Waals surface area contributed by atoms with Gasteiger partial charge in [0, 0.05) is 12.3 Å². The van der Waals surface area contributed by atoms with Crippen LogP contribution >= 0.6 is 15.9 Å². The van der Waals surface area contributed by atoms with Gasteiger partial charge in [-0.1, -0.05) is 40.2 Å². The molecule has 0 heterocycles. The Balaban J connectivity index is 2.61. The van der Waals surface area contributed by atoms with Gasteiger partial charge in [0.2, 0.25) is 0 Å². The molecule has 1 aromatic carbocycles. The molecule has 0 aliphatic carbocycles. The third kappa shape index (κ3) is 3.59. The summed E-state index contributed by atoms with van der Waals surface area (Å²) in [6.45, 7) is 1.77. The van der Waals surface area contributed by atoms with E-state index in [1.807, 2.05) is 24.3 Å². The van der Waals surface area contributed by atoms with Crippen LogP contribution in [-0.2, 0) is 21.5 Å². The summed E-state index contributed by atoms with van der Waals surface area (Å²) >= 11 is 3.36. The topological polar surface area (TPSA) is 26.3 Å². The van der Waals surface area contributed by atoms with E-state index in [0.717, 1.165) is 10.9 Å². The molecule has 0 amide bonds. The number of benzene rings is 1. The Morgan fingerprint density at radius 3 is 2.77 bits per heavy atom. The lowest BCUT2D eigenvalue weighted by Crippen LogP contribution is -1.98. The van der Waals surface area contributed by atoms with Gasteiger partial charge in [0.1, 0.15) is 6.61 Å². The normalized spacial score (nSPS) is 9.69. The average Bonchev–Trinajstić information content (AvgIpc) is 2.15. The predicted molar refractivity (Wildman–Crippen MR) is 54.5 cm³/mol. The molecule has 1 rings (SSSR count). The van der Waals surface area contributed by atoms with Gasteiger partial charge in [-0.3, -0.25) is 4.79 Å². The summed E-state index contributed by atoms with van der Waals surface area (Å²) in [6, 6.07) is 7.92. The number of alkyl halides is 1. The Labute approximate surface area is 86.0 Å². The second-order valence-corrected chi connectivity index (χ2v) is 3.29. The van der Waals surface area contributed by atoms with Crippen LogP contribution in [0.15, 0.2) is 24.3 Å². The molecule has 0 spiro atoms. The largest absolute Gasteiger partial charge is 0.461 e. The van der Waals surface area contributed by atoms with Crippen molar-refractivity contribution in [2.24, 2.45) is 0 Å². The first-order chi connectivity index (χ1) is 6.22. The van der Waals surface area contributed by atoms with Crippen molar-refractivity contribution in [1.29, 1.82) is 0 Å². The van der Waals surface area contributed by atoms with E-state index in [0.29, 0.717) is 6.61 Å². The first-order valence-corrected chi connectivity index (χ1v) is 5.11. The number of esters is 1. The van der Waals surface area contributed by atoms with E-state index in [2.05, 4.69) is 15.9 Å². The van der Waals surface area contributed by atoms with Crippen molar-refractivity contribution in [2.45, 2.75) is 18.9 Å². The molecule has 0 fully saturated rings. The summed E-state index contributed by atoms with van der Waals surface area (Å²) in [4.78, 5) is 10.5. The highest BCUT2D eigenvalue weighted by Crippen LogP contribution is 2.09. The highest BCUT2D eigenvalue weighted by atomic mass is 79.9. The average molecular weight is 243 g/mol. The van der Waals surface area contributed by atoms with Crippen molar-refractivity contribution in [3.63, 3.8) is 0 Å². The number of hydrogen-bond donors (Lipinski definition) is 0. The molecule has 0 bridgehead atoms. The third-order valence-electron chi connectivity index (χ3n) is 1.59. The minimum Gasteiger partial charge on any atom is -0.461 e. The van der Waals surface area contributed by atoms with Gasteiger partial charge in [0.15, 0.2) is 0 Å². The van der Waals surface area contributed by atoms with Gasteiger partial charge in [-0.05, 0) is 11.1 Å². The Morgan fingerprint density at radius 2 is 2.15 bits per heavy atom. The molecule has 3 heteroatoms. The number of carbonyl (C=O) groups excluding carboxylic acids is 1. The van der Waals surface area contributed by atoms with Crippen LogP contribution < -0.4 is 0 Å². The van der Waals surface area contributed by atoms with Gasteiger partial charge in [-0.2, -0.15) is 0 Å². The number of rotatable bonds is 3. The van der Waals surface area contributed by atoms with E-state index in [1.165, 1.54) is 12.5 Å². The molecular formula is C10H11BrO2. The van der Waals surface area contributed by atoms with Crippen LogP contribution in [0.3, 0.4) is 0 Å². The standard InChI is InChI=1S/C10H11BrO2/c1-8(12)13-7-10-4-2-3-9(5-10)6-11/h2-5H,6-7H2,1H3. The molecule has 2 nitrogen and oxygen atoms in total. The van der Waals surface area contributed by atoms with Gasteiger partial charge < -0.3 is 4.74 Å². The Hall–Kier alpha value is -0.830. The lowest BCUT2D eigenvalue weighted by atomic mass is 10.1. The second-order valence-electron chi connectivity index (χ2n) is 2.73. The molecule has 0 aliphatic heterocycles. The molecule has 0 saturated heterocycles. The SMILES string of the molecule is CC(=O)OCc1cccc(CBr)c1. The maximum absolute atomic E-state index is 10.5. The van der Waals surface area contributed by atoms with Crippen LogP contribution in [-0.4, -0.2) is 5.97 Å². The summed E-state index contributed by atoms with van der Waals surface area (Å²) < 4.78 is 4.87. The summed E-state index contributed by atoms with van der Waals surface area (Å²) in [5.74, 6) is -0.246. The zero-order valence-corrected chi connectivity index (χ0v) is 9.00. The molecule has 0 N–H and O–H groups in total. The zero-order valence-electron chi connectivity index (χ0n) is 7.42. The van der Waals surface area contributed by atoms with Crippen LogP contribution in [0.5, 0.6) is 0 Å². The van der Waals surface area contributed by atoms with E-state index in [9.17, 15) is 4.79 Å². The van der Waals surface area contributed by atoms with Crippen molar-refractivity contribution < 1.29 is 9.53 Å². The maximum atomic E-state index is 10.5. The zero-order chi connectivity index (χ0) is 9.68. The molecule has 0 atom stereocenters. The van der Waals surface area contributed by atoms with Crippen LogP contribution in [0.4, 0.5) is 0 Å². The monoisotopic (exact) mass is 242 g/mol. The van der Waals surface area contributed by atoms with Crippen molar-refractivity contribution in [3.05, 3.63) is 35.4 Å². The molecule has 0 saturated carbocycles. The third-order valence-corrected chi connectivity index (χ3v) is 2.24. The summed E-state index contributed by atoms with van der Waals surface area (Å²) in [6.07, 6.45) is 0. The van der Waals surface area contributed by atoms with Gasteiger partial charge >= 0.3 is 5.97 Å². The van der Waals surface area contributed by atoms with Gasteiger partial charge in [-0.25, -0.2) is 0 Å².